The fourth-order valence-corrected chi connectivity index (χ4v) is 3.17. The minimum atomic E-state index is 0.136. The molecule has 2 rings (SSSR count). The van der Waals surface area contributed by atoms with Crippen LogP contribution in [0, 0.1) is 5.41 Å². The molecule has 0 atom stereocenters. The van der Waals surface area contributed by atoms with Crippen molar-refractivity contribution in [1.82, 2.24) is 9.88 Å². The van der Waals surface area contributed by atoms with E-state index in [1.165, 1.54) is 12.8 Å². The maximum Gasteiger partial charge on any atom is 0.254 e. The van der Waals surface area contributed by atoms with Crippen LogP contribution in [0.4, 0.5) is 5.82 Å². The first kappa shape index (κ1) is 15.8. The molecule has 21 heavy (non-hydrogen) atoms. The van der Waals surface area contributed by atoms with Crippen molar-refractivity contribution in [2.24, 2.45) is 5.41 Å². The van der Waals surface area contributed by atoms with Gasteiger partial charge in [-0.3, -0.25) is 4.79 Å². The van der Waals surface area contributed by atoms with Crippen molar-refractivity contribution in [2.45, 2.75) is 46.5 Å². The molecular weight excluding hydrogens is 262 g/mol. The molecular formula is C17H27N3O. The molecule has 4 heteroatoms. The van der Waals surface area contributed by atoms with Gasteiger partial charge >= 0.3 is 0 Å². The number of carbonyl (C=O) groups excluding carboxylic acids is 1. The Bertz CT molecular complexity index is 473. The van der Waals surface area contributed by atoms with Crippen molar-refractivity contribution in [1.29, 1.82) is 0 Å². The standard InChI is InChI=1S/C17H27N3O/c1-4-17(5-2)8-11-20(12-9-17)16(21)14-7-10-19-15(13-14)18-6-3/h7,10,13H,4-6,8-9,11-12H2,1-3H3,(H,18,19). The molecule has 1 aromatic rings. The van der Waals surface area contributed by atoms with Gasteiger partial charge in [-0.2, -0.15) is 0 Å². The number of amides is 1. The second kappa shape index (κ2) is 6.92. The predicted octanol–water partition coefficient (Wildman–Crippen LogP) is 3.56. The third-order valence-electron chi connectivity index (χ3n) is 4.98. The van der Waals surface area contributed by atoms with Crippen LogP contribution in [-0.2, 0) is 0 Å². The van der Waals surface area contributed by atoms with E-state index in [1.807, 2.05) is 24.0 Å². The Morgan fingerprint density at radius 2 is 1.95 bits per heavy atom. The van der Waals surface area contributed by atoms with Gasteiger partial charge in [-0.1, -0.05) is 26.7 Å². The zero-order chi connectivity index (χ0) is 15.3. The van der Waals surface area contributed by atoms with Crippen LogP contribution in [0.3, 0.4) is 0 Å². The molecule has 1 N–H and O–H groups in total. The maximum absolute atomic E-state index is 12.6. The summed E-state index contributed by atoms with van der Waals surface area (Å²) in [6.45, 7) is 9.12. The lowest BCUT2D eigenvalue weighted by Crippen LogP contribution is -2.42. The Morgan fingerprint density at radius 1 is 1.29 bits per heavy atom. The van der Waals surface area contributed by atoms with Crippen LogP contribution in [0.15, 0.2) is 18.3 Å². The van der Waals surface area contributed by atoms with Gasteiger partial charge in [0, 0.05) is 31.4 Å². The fraction of sp³-hybridized carbons (Fsp3) is 0.647. The van der Waals surface area contributed by atoms with Gasteiger partial charge in [-0.05, 0) is 37.3 Å². The summed E-state index contributed by atoms with van der Waals surface area (Å²) >= 11 is 0. The Morgan fingerprint density at radius 3 is 2.52 bits per heavy atom. The monoisotopic (exact) mass is 289 g/mol. The second-order valence-corrected chi connectivity index (χ2v) is 5.96. The summed E-state index contributed by atoms with van der Waals surface area (Å²) in [5, 5.41) is 3.16. The molecule has 0 aromatic carbocycles. The van der Waals surface area contributed by atoms with Crippen molar-refractivity contribution < 1.29 is 4.79 Å². The van der Waals surface area contributed by atoms with Crippen LogP contribution >= 0.6 is 0 Å². The van der Waals surface area contributed by atoms with Gasteiger partial charge in [-0.15, -0.1) is 0 Å². The van der Waals surface area contributed by atoms with E-state index in [0.29, 0.717) is 5.41 Å². The molecule has 1 fully saturated rings. The number of hydrogen-bond donors (Lipinski definition) is 1. The first-order chi connectivity index (χ1) is 10.1. The molecule has 1 amide bonds. The van der Waals surface area contributed by atoms with Crippen molar-refractivity contribution in [3.8, 4) is 0 Å². The minimum absolute atomic E-state index is 0.136. The van der Waals surface area contributed by atoms with E-state index in [9.17, 15) is 4.79 Å². The number of aromatic nitrogens is 1. The average molecular weight is 289 g/mol. The van der Waals surface area contributed by atoms with E-state index in [-0.39, 0.29) is 5.91 Å². The smallest absolute Gasteiger partial charge is 0.254 e. The van der Waals surface area contributed by atoms with Crippen molar-refractivity contribution in [3.05, 3.63) is 23.9 Å². The quantitative estimate of drug-likeness (QED) is 0.901. The molecule has 0 radical (unpaired) electrons. The lowest BCUT2D eigenvalue weighted by Gasteiger charge is -2.41. The SMILES string of the molecule is CCNc1cc(C(=O)N2CCC(CC)(CC)CC2)ccn1. The number of pyridine rings is 1. The summed E-state index contributed by atoms with van der Waals surface area (Å²) < 4.78 is 0. The molecule has 4 nitrogen and oxygen atoms in total. The van der Waals surface area contributed by atoms with Crippen molar-refractivity contribution >= 4 is 11.7 Å². The van der Waals surface area contributed by atoms with E-state index in [4.69, 9.17) is 0 Å². The minimum Gasteiger partial charge on any atom is -0.370 e. The van der Waals surface area contributed by atoms with E-state index < -0.39 is 0 Å². The Balaban J connectivity index is 2.03. The van der Waals surface area contributed by atoms with Crippen LogP contribution in [0.5, 0.6) is 0 Å². The third kappa shape index (κ3) is 3.55. The zero-order valence-electron chi connectivity index (χ0n) is 13.5. The number of likely N-dealkylation sites (tertiary alicyclic amines) is 1. The highest BCUT2D eigenvalue weighted by atomic mass is 16.2. The van der Waals surface area contributed by atoms with Gasteiger partial charge in [0.05, 0.1) is 0 Å². The molecule has 0 unspecified atom stereocenters. The first-order valence-corrected chi connectivity index (χ1v) is 8.13. The van der Waals surface area contributed by atoms with Crippen LogP contribution < -0.4 is 5.32 Å². The van der Waals surface area contributed by atoms with Crippen LogP contribution in [0.1, 0.15) is 56.8 Å². The van der Waals surface area contributed by atoms with Gasteiger partial charge in [0.1, 0.15) is 5.82 Å². The Labute approximate surface area is 127 Å². The van der Waals surface area contributed by atoms with Crippen LogP contribution in [0.25, 0.3) is 0 Å². The molecule has 0 bridgehead atoms. The summed E-state index contributed by atoms with van der Waals surface area (Å²) in [6, 6.07) is 3.66. The zero-order valence-corrected chi connectivity index (χ0v) is 13.5. The Hall–Kier alpha value is -1.58. The van der Waals surface area contributed by atoms with E-state index in [1.54, 1.807) is 6.20 Å². The van der Waals surface area contributed by atoms with Crippen molar-refractivity contribution in [2.75, 3.05) is 25.0 Å². The Kier molecular flexibility index (Phi) is 5.21. The van der Waals surface area contributed by atoms with Gasteiger partial charge in [0.15, 0.2) is 0 Å². The number of hydrogen-bond acceptors (Lipinski definition) is 3. The maximum atomic E-state index is 12.6. The summed E-state index contributed by atoms with van der Waals surface area (Å²) in [5.74, 6) is 0.911. The van der Waals surface area contributed by atoms with Gasteiger partial charge in [-0.25, -0.2) is 4.98 Å². The highest BCUT2D eigenvalue weighted by Crippen LogP contribution is 2.38. The van der Waals surface area contributed by atoms with E-state index in [0.717, 1.165) is 43.9 Å². The van der Waals surface area contributed by atoms with Crippen LogP contribution in [-0.4, -0.2) is 35.4 Å². The van der Waals surface area contributed by atoms with Gasteiger partial charge in [0.2, 0.25) is 0 Å². The topological polar surface area (TPSA) is 45.2 Å². The van der Waals surface area contributed by atoms with Gasteiger partial charge in [0.25, 0.3) is 5.91 Å². The van der Waals surface area contributed by atoms with Crippen LogP contribution in [0.2, 0.25) is 0 Å². The first-order valence-electron chi connectivity index (χ1n) is 8.13. The molecule has 2 heterocycles. The summed E-state index contributed by atoms with van der Waals surface area (Å²) in [4.78, 5) is 18.8. The van der Waals surface area contributed by atoms with Crippen molar-refractivity contribution in [3.63, 3.8) is 0 Å². The molecule has 0 spiro atoms. The lowest BCUT2D eigenvalue weighted by molar-refractivity contribution is 0.0557. The third-order valence-corrected chi connectivity index (χ3v) is 4.98. The summed E-state index contributed by atoms with van der Waals surface area (Å²) in [7, 11) is 0. The normalized spacial score (nSPS) is 17.6. The van der Waals surface area contributed by atoms with Gasteiger partial charge < -0.3 is 10.2 Å². The molecule has 1 aliphatic rings. The summed E-state index contributed by atoms with van der Waals surface area (Å²) in [6.07, 6.45) is 6.38. The highest BCUT2D eigenvalue weighted by Gasteiger charge is 2.33. The number of nitrogens with zero attached hydrogens (tertiary/aromatic N) is 2. The molecule has 1 aromatic heterocycles. The average Bonchev–Trinajstić information content (AvgIpc) is 2.55. The number of anilines is 1. The number of piperidine rings is 1. The lowest BCUT2D eigenvalue weighted by atomic mass is 9.74. The highest BCUT2D eigenvalue weighted by molar-refractivity contribution is 5.94. The number of rotatable bonds is 5. The predicted molar refractivity (Wildman–Crippen MR) is 86.6 cm³/mol. The molecule has 0 saturated carbocycles. The van der Waals surface area contributed by atoms with E-state index in [2.05, 4.69) is 24.1 Å². The second-order valence-electron chi connectivity index (χ2n) is 5.96. The molecule has 0 aliphatic carbocycles. The fourth-order valence-electron chi connectivity index (χ4n) is 3.17. The largest absolute Gasteiger partial charge is 0.370 e. The number of carbonyl (C=O) groups is 1. The summed E-state index contributed by atoms with van der Waals surface area (Å²) in [5.41, 5.74) is 1.19. The number of nitrogens with one attached hydrogen (secondary N) is 1. The molecule has 1 aliphatic heterocycles. The molecule has 1 saturated heterocycles. The molecule has 116 valence electrons. The van der Waals surface area contributed by atoms with E-state index >= 15 is 0 Å².